The number of anilines is 2. The van der Waals surface area contributed by atoms with Crippen molar-refractivity contribution in [2.45, 2.75) is 24.2 Å². The van der Waals surface area contributed by atoms with Gasteiger partial charge in [-0.05, 0) is 48.6 Å². The molecule has 5 nitrogen and oxygen atoms in total. The van der Waals surface area contributed by atoms with Gasteiger partial charge < -0.3 is 4.90 Å². The molecule has 1 N–H and O–H groups in total. The van der Waals surface area contributed by atoms with Crippen LogP contribution in [0.3, 0.4) is 0 Å². The lowest BCUT2D eigenvalue weighted by Crippen LogP contribution is -2.35. The van der Waals surface area contributed by atoms with Crippen LogP contribution in [0.4, 0.5) is 11.4 Å². The Bertz CT molecular complexity index is 1090. The highest BCUT2D eigenvalue weighted by atomic mass is 32.2. The van der Waals surface area contributed by atoms with Gasteiger partial charge in [0.15, 0.2) is 0 Å². The maximum Gasteiger partial charge on any atom is 0.262 e. The van der Waals surface area contributed by atoms with Crippen molar-refractivity contribution >= 4 is 38.1 Å². The van der Waals surface area contributed by atoms with Gasteiger partial charge in [-0.2, -0.15) is 0 Å². The van der Waals surface area contributed by atoms with Crippen molar-refractivity contribution in [1.82, 2.24) is 0 Å². The number of sulfonamides is 1. The largest absolute Gasteiger partial charge is 0.312 e. The molecule has 138 valence electrons. The van der Waals surface area contributed by atoms with Crippen LogP contribution in [-0.4, -0.2) is 20.9 Å². The number of rotatable bonds is 4. The van der Waals surface area contributed by atoms with Gasteiger partial charge in [-0.3, -0.25) is 9.52 Å². The summed E-state index contributed by atoms with van der Waals surface area (Å²) >= 11 is 0. The highest BCUT2D eigenvalue weighted by molar-refractivity contribution is 7.93. The van der Waals surface area contributed by atoms with Gasteiger partial charge >= 0.3 is 0 Å². The molecule has 3 aromatic rings. The van der Waals surface area contributed by atoms with Crippen LogP contribution >= 0.6 is 0 Å². The smallest absolute Gasteiger partial charge is 0.262 e. The van der Waals surface area contributed by atoms with E-state index in [9.17, 15) is 13.2 Å². The Kier molecular flexibility index (Phi) is 4.58. The Morgan fingerprint density at radius 2 is 1.59 bits per heavy atom. The van der Waals surface area contributed by atoms with E-state index in [1.54, 1.807) is 47.4 Å². The third-order valence-electron chi connectivity index (χ3n) is 4.79. The van der Waals surface area contributed by atoms with E-state index >= 15 is 0 Å². The van der Waals surface area contributed by atoms with Crippen LogP contribution < -0.4 is 9.62 Å². The molecule has 1 amide bonds. The molecule has 1 saturated heterocycles. The fourth-order valence-electron chi connectivity index (χ4n) is 3.43. The lowest BCUT2D eigenvalue weighted by molar-refractivity contribution is -0.119. The normalized spacial score (nSPS) is 15.1. The van der Waals surface area contributed by atoms with Gasteiger partial charge in [0.05, 0.1) is 4.90 Å². The molecule has 0 saturated carbocycles. The lowest BCUT2D eigenvalue weighted by Gasteiger charge is -2.26. The summed E-state index contributed by atoms with van der Waals surface area (Å²) in [6.07, 6.45) is 2.48. The number of nitrogens with zero attached hydrogens (tertiary/aromatic N) is 1. The van der Waals surface area contributed by atoms with Crippen LogP contribution in [0.1, 0.15) is 19.3 Å². The van der Waals surface area contributed by atoms with Crippen LogP contribution in [0.2, 0.25) is 0 Å². The predicted octanol–water partition coefficient (Wildman–Crippen LogP) is 4.16. The molecule has 6 heteroatoms. The molecule has 4 rings (SSSR count). The van der Waals surface area contributed by atoms with Gasteiger partial charge in [-0.25, -0.2) is 8.42 Å². The Balaban J connectivity index is 1.60. The number of amides is 1. The number of carbonyl (C=O) groups excluding carboxylic acids is 1. The molecule has 0 atom stereocenters. The van der Waals surface area contributed by atoms with E-state index in [0.717, 1.165) is 23.9 Å². The first kappa shape index (κ1) is 17.5. The second-order valence-electron chi connectivity index (χ2n) is 6.63. The minimum Gasteiger partial charge on any atom is -0.312 e. The molecule has 0 unspecified atom stereocenters. The molecular formula is C21H20N2O3S. The van der Waals surface area contributed by atoms with E-state index in [0.29, 0.717) is 24.0 Å². The van der Waals surface area contributed by atoms with E-state index in [-0.39, 0.29) is 10.8 Å². The number of benzene rings is 3. The van der Waals surface area contributed by atoms with Gasteiger partial charge in [0.25, 0.3) is 10.0 Å². The number of nitrogens with one attached hydrogen (secondary N) is 1. The van der Waals surface area contributed by atoms with Crippen molar-refractivity contribution in [3.05, 3.63) is 66.7 Å². The second kappa shape index (κ2) is 7.04. The first-order chi connectivity index (χ1) is 13.0. The lowest BCUT2D eigenvalue weighted by atomic mass is 10.1. The average Bonchev–Trinajstić information content (AvgIpc) is 2.68. The van der Waals surface area contributed by atoms with Gasteiger partial charge in [-0.1, -0.05) is 36.4 Å². The summed E-state index contributed by atoms with van der Waals surface area (Å²) in [6.45, 7) is 0.708. The second-order valence-corrected chi connectivity index (χ2v) is 8.28. The molecule has 1 aliphatic rings. The highest BCUT2D eigenvalue weighted by Gasteiger charge is 2.20. The van der Waals surface area contributed by atoms with Crippen molar-refractivity contribution in [3.63, 3.8) is 0 Å². The van der Waals surface area contributed by atoms with Crippen molar-refractivity contribution in [1.29, 1.82) is 0 Å². The van der Waals surface area contributed by atoms with Crippen molar-refractivity contribution < 1.29 is 13.2 Å². The van der Waals surface area contributed by atoms with E-state index in [2.05, 4.69) is 4.72 Å². The number of fused-ring (bicyclic) bond motifs is 1. The molecule has 27 heavy (non-hydrogen) atoms. The molecule has 1 aliphatic heterocycles. The third kappa shape index (κ3) is 3.53. The Morgan fingerprint density at radius 1 is 0.852 bits per heavy atom. The SMILES string of the molecule is O=C1CCCCN1c1ccc(NS(=O)(=O)c2cccc3ccccc23)cc1. The summed E-state index contributed by atoms with van der Waals surface area (Å²) in [5.41, 5.74) is 1.27. The standard InChI is InChI=1S/C21H20N2O3S/c24-21-10-3-4-15-23(21)18-13-11-17(12-14-18)22-27(25,26)20-9-5-7-16-6-1-2-8-19(16)20/h1-2,5-9,11-14,22H,3-4,10,15H2. The third-order valence-corrected chi connectivity index (χ3v) is 6.23. The monoisotopic (exact) mass is 380 g/mol. The summed E-state index contributed by atoms with van der Waals surface area (Å²) in [4.78, 5) is 14.0. The van der Waals surface area contributed by atoms with Crippen molar-refractivity contribution in [2.75, 3.05) is 16.2 Å². The van der Waals surface area contributed by atoms with E-state index in [1.807, 2.05) is 24.3 Å². The zero-order valence-corrected chi connectivity index (χ0v) is 15.6. The van der Waals surface area contributed by atoms with Crippen LogP contribution in [0.15, 0.2) is 71.6 Å². The van der Waals surface area contributed by atoms with Gasteiger partial charge in [0.2, 0.25) is 5.91 Å². The summed E-state index contributed by atoms with van der Waals surface area (Å²) < 4.78 is 28.4. The summed E-state index contributed by atoms with van der Waals surface area (Å²) in [5, 5.41) is 1.56. The average molecular weight is 380 g/mol. The number of carbonyl (C=O) groups is 1. The summed E-state index contributed by atoms with van der Waals surface area (Å²) in [5.74, 6) is 0.116. The zero-order chi connectivity index (χ0) is 18.9. The maximum absolute atomic E-state index is 12.9. The molecule has 0 aliphatic carbocycles. The zero-order valence-electron chi connectivity index (χ0n) is 14.8. The number of piperidine rings is 1. The molecule has 0 bridgehead atoms. The number of hydrogen-bond donors (Lipinski definition) is 1. The van der Waals surface area contributed by atoms with Crippen LogP contribution in [-0.2, 0) is 14.8 Å². The highest BCUT2D eigenvalue weighted by Crippen LogP contribution is 2.27. The topological polar surface area (TPSA) is 66.5 Å². The van der Waals surface area contributed by atoms with E-state index in [1.165, 1.54) is 0 Å². The molecule has 0 radical (unpaired) electrons. The number of hydrogen-bond acceptors (Lipinski definition) is 3. The van der Waals surface area contributed by atoms with Crippen LogP contribution in [0.25, 0.3) is 10.8 Å². The molecule has 1 heterocycles. The van der Waals surface area contributed by atoms with Crippen LogP contribution in [0, 0.1) is 0 Å². The molecule has 1 fully saturated rings. The van der Waals surface area contributed by atoms with Gasteiger partial charge in [0, 0.05) is 29.7 Å². The quantitative estimate of drug-likeness (QED) is 0.739. The van der Waals surface area contributed by atoms with E-state index in [4.69, 9.17) is 0 Å². The van der Waals surface area contributed by atoms with E-state index < -0.39 is 10.0 Å². The van der Waals surface area contributed by atoms with Gasteiger partial charge in [-0.15, -0.1) is 0 Å². The van der Waals surface area contributed by atoms with Gasteiger partial charge in [0.1, 0.15) is 0 Å². The molecule has 3 aromatic carbocycles. The van der Waals surface area contributed by atoms with Crippen LogP contribution in [0.5, 0.6) is 0 Å². The maximum atomic E-state index is 12.9. The molecule has 0 spiro atoms. The first-order valence-electron chi connectivity index (χ1n) is 8.96. The minimum atomic E-state index is -3.72. The van der Waals surface area contributed by atoms with Crippen molar-refractivity contribution in [2.24, 2.45) is 0 Å². The summed E-state index contributed by atoms with van der Waals surface area (Å²) in [7, 11) is -3.72. The predicted molar refractivity (Wildman–Crippen MR) is 107 cm³/mol. The molecular weight excluding hydrogens is 360 g/mol. The Hall–Kier alpha value is -2.86. The first-order valence-corrected chi connectivity index (χ1v) is 10.4. The Labute approximate surface area is 158 Å². The Morgan fingerprint density at radius 3 is 2.37 bits per heavy atom. The minimum absolute atomic E-state index is 0.116. The fourth-order valence-corrected chi connectivity index (χ4v) is 4.72. The molecule has 0 aromatic heterocycles. The summed E-state index contributed by atoms with van der Waals surface area (Å²) in [6, 6.07) is 19.6. The van der Waals surface area contributed by atoms with Crippen molar-refractivity contribution in [3.8, 4) is 0 Å². The fraction of sp³-hybridized carbons (Fsp3) is 0.190.